The number of nitriles is 1. The molecular formula is C25H43N5. The van der Waals surface area contributed by atoms with Crippen molar-refractivity contribution in [1.82, 2.24) is 10.3 Å². The van der Waals surface area contributed by atoms with Gasteiger partial charge >= 0.3 is 0 Å². The summed E-state index contributed by atoms with van der Waals surface area (Å²) in [4.78, 5) is 8.45. The van der Waals surface area contributed by atoms with Crippen molar-refractivity contribution in [2.24, 2.45) is 4.99 Å². The Balaban J connectivity index is 1.90. The first-order valence-electron chi connectivity index (χ1n) is 12.2. The van der Waals surface area contributed by atoms with Crippen molar-refractivity contribution in [3.05, 3.63) is 24.5 Å². The molecule has 5 nitrogen and oxygen atoms in total. The molecule has 168 valence electrons. The van der Waals surface area contributed by atoms with Gasteiger partial charge in [-0.05, 0) is 18.6 Å². The maximum absolute atomic E-state index is 8.86. The van der Waals surface area contributed by atoms with Gasteiger partial charge in [0.15, 0.2) is 6.19 Å². The molecule has 2 N–H and O–H groups in total. The lowest BCUT2D eigenvalue weighted by Gasteiger charge is -2.07. The van der Waals surface area contributed by atoms with E-state index in [4.69, 9.17) is 5.26 Å². The van der Waals surface area contributed by atoms with Crippen LogP contribution in [0.4, 0.5) is 5.69 Å². The highest BCUT2D eigenvalue weighted by Crippen LogP contribution is 2.13. The number of nitrogens with zero attached hydrogens (tertiary/aromatic N) is 3. The monoisotopic (exact) mass is 413 g/mol. The van der Waals surface area contributed by atoms with E-state index in [0.29, 0.717) is 5.96 Å². The van der Waals surface area contributed by atoms with E-state index < -0.39 is 0 Å². The molecule has 0 saturated carbocycles. The molecule has 0 amide bonds. The van der Waals surface area contributed by atoms with Crippen LogP contribution in [0.3, 0.4) is 0 Å². The Kier molecular flexibility index (Phi) is 17.5. The third kappa shape index (κ3) is 15.8. The van der Waals surface area contributed by atoms with Gasteiger partial charge in [0.05, 0.1) is 0 Å². The van der Waals surface area contributed by atoms with E-state index in [1.165, 1.54) is 96.3 Å². The van der Waals surface area contributed by atoms with Crippen molar-refractivity contribution in [3.63, 3.8) is 0 Å². The molecule has 0 atom stereocenters. The zero-order valence-electron chi connectivity index (χ0n) is 19.2. The molecule has 1 aromatic rings. The van der Waals surface area contributed by atoms with Gasteiger partial charge in [-0.15, -0.1) is 0 Å². The molecule has 1 rings (SSSR count). The molecule has 0 aliphatic rings. The molecule has 30 heavy (non-hydrogen) atoms. The van der Waals surface area contributed by atoms with Crippen LogP contribution in [0, 0.1) is 11.5 Å². The van der Waals surface area contributed by atoms with Gasteiger partial charge in [-0.1, -0.05) is 103 Å². The average molecular weight is 414 g/mol. The molecule has 0 aliphatic carbocycles. The minimum absolute atomic E-state index is 0.504. The second-order valence-electron chi connectivity index (χ2n) is 8.13. The van der Waals surface area contributed by atoms with Gasteiger partial charge in [0.25, 0.3) is 0 Å². The average Bonchev–Trinajstić information content (AvgIpc) is 2.76. The number of anilines is 1. The Morgan fingerprint density at radius 2 is 1.27 bits per heavy atom. The number of aromatic nitrogens is 1. The summed E-state index contributed by atoms with van der Waals surface area (Å²) >= 11 is 0. The highest BCUT2D eigenvalue weighted by atomic mass is 15.2. The molecule has 1 aromatic heterocycles. The number of unbranched alkanes of at least 4 members (excludes halogenated alkanes) is 15. The van der Waals surface area contributed by atoms with Crippen LogP contribution < -0.4 is 10.6 Å². The van der Waals surface area contributed by atoms with Gasteiger partial charge in [0.1, 0.15) is 0 Å². The summed E-state index contributed by atoms with van der Waals surface area (Å²) in [6, 6.07) is 3.70. The van der Waals surface area contributed by atoms with E-state index in [1.807, 2.05) is 18.3 Å². The summed E-state index contributed by atoms with van der Waals surface area (Å²) in [5.41, 5.74) is 0.874. The minimum atomic E-state index is 0.504. The van der Waals surface area contributed by atoms with Gasteiger partial charge < -0.3 is 5.32 Å². The van der Waals surface area contributed by atoms with Crippen molar-refractivity contribution in [2.75, 3.05) is 11.9 Å². The van der Waals surface area contributed by atoms with E-state index in [1.54, 1.807) is 12.4 Å². The Bertz CT molecular complexity index is 565. The fourth-order valence-electron chi connectivity index (χ4n) is 3.59. The van der Waals surface area contributed by atoms with Gasteiger partial charge in [0, 0.05) is 24.6 Å². The minimum Gasteiger partial charge on any atom is -0.325 e. The number of aliphatic imine (C=N–C) groups is 1. The van der Waals surface area contributed by atoms with E-state index >= 15 is 0 Å². The summed E-state index contributed by atoms with van der Waals surface area (Å²) in [6.45, 7) is 3.02. The van der Waals surface area contributed by atoms with Crippen molar-refractivity contribution >= 4 is 11.6 Å². The molecule has 1 heterocycles. The number of hydrogen-bond acceptors (Lipinski definition) is 3. The van der Waals surface area contributed by atoms with Gasteiger partial charge in [-0.2, -0.15) is 5.26 Å². The zero-order chi connectivity index (χ0) is 21.5. The Labute approximate surface area is 184 Å². The number of rotatable bonds is 18. The van der Waals surface area contributed by atoms with Gasteiger partial charge in [0.2, 0.25) is 5.96 Å². The number of guanidine groups is 1. The molecular weight excluding hydrogens is 370 g/mol. The van der Waals surface area contributed by atoms with Crippen LogP contribution in [-0.2, 0) is 0 Å². The molecule has 0 aliphatic heterocycles. The summed E-state index contributed by atoms with van der Waals surface area (Å²) in [7, 11) is 0. The van der Waals surface area contributed by atoms with Gasteiger partial charge in [-0.25, -0.2) is 0 Å². The third-order valence-electron chi connectivity index (χ3n) is 5.40. The predicted octanol–water partition coefficient (Wildman–Crippen LogP) is 7.18. The molecule has 5 heteroatoms. The zero-order valence-corrected chi connectivity index (χ0v) is 19.2. The Hall–Kier alpha value is -2.09. The maximum atomic E-state index is 8.86. The maximum Gasteiger partial charge on any atom is 0.209 e. The Morgan fingerprint density at radius 3 is 1.73 bits per heavy atom. The van der Waals surface area contributed by atoms with E-state index in [-0.39, 0.29) is 0 Å². The molecule has 0 bridgehead atoms. The Morgan fingerprint density at radius 1 is 0.800 bits per heavy atom. The second kappa shape index (κ2) is 20.2. The number of pyridine rings is 1. The van der Waals surface area contributed by atoms with Crippen LogP contribution in [0.5, 0.6) is 0 Å². The molecule has 0 spiro atoms. The van der Waals surface area contributed by atoms with Crippen LogP contribution in [0.1, 0.15) is 110 Å². The van der Waals surface area contributed by atoms with Crippen LogP contribution in [0.15, 0.2) is 29.5 Å². The summed E-state index contributed by atoms with van der Waals surface area (Å²) in [5.74, 6) is 0.504. The van der Waals surface area contributed by atoms with E-state index in [9.17, 15) is 0 Å². The first kappa shape index (κ1) is 25.9. The van der Waals surface area contributed by atoms with Gasteiger partial charge in [-0.3, -0.25) is 15.3 Å². The lowest BCUT2D eigenvalue weighted by Crippen LogP contribution is -2.27. The fourth-order valence-corrected chi connectivity index (χ4v) is 3.59. The standard InChI is InChI=1S/C25H43N5/c1-2-3-4-5-6-7-8-9-10-11-12-13-14-15-16-17-20-28-25(29-23-26)30-24-18-21-27-22-19-24/h18-19,21-22H,2-17,20H2,1H3,(H2,27,28,29,30). The molecule has 0 saturated heterocycles. The highest BCUT2D eigenvalue weighted by Gasteiger charge is 1.99. The van der Waals surface area contributed by atoms with Crippen LogP contribution in [0.25, 0.3) is 0 Å². The van der Waals surface area contributed by atoms with Crippen LogP contribution in [0.2, 0.25) is 0 Å². The van der Waals surface area contributed by atoms with Crippen molar-refractivity contribution in [3.8, 4) is 6.19 Å². The lowest BCUT2D eigenvalue weighted by molar-refractivity contribution is 0.530. The topological polar surface area (TPSA) is 73.1 Å². The third-order valence-corrected chi connectivity index (χ3v) is 5.40. The quantitative estimate of drug-likeness (QED) is 0.0878. The van der Waals surface area contributed by atoms with Crippen LogP contribution in [-0.4, -0.2) is 17.5 Å². The van der Waals surface area contributed by atoms with Crippen molar-refractivity contribution in [1.29, 1.82) is 5.26 Å². The predicted molar refractivity (Wildman–Crippen MR) is 128 cm³/mol. The first-order valence-corrected chi connectivity index (χ1v) is 12.2. The summed E-state index contributed by atoms with van der Waals surface area (Å²) < 4.78 is 0. The normalized spacial score (nSPS) is 11.3. The van der Waals surface area contributed by atoms with Crippen molar-refractivity contribution < 1.29 is 0 Å². The number of nitrogens with one attached hydrogen (secondary N) is 2. The highest BCUT2D eigenvalue weighted by molar-refractivity contribution is 5.94. The molecule has 0 unspecified atom stereocenters. The largest absolute Gasteiger partial charge is 0.325 e. The summed E-state index contributed by atoms with van der Waals surface area (Å²) in [6.07, 6.45) is 27.2. The second-order valence-corrected chi connectivity index (χ2v) is 8.13. The SMILES string of the molecule is CCCCCCCCCCCCCCCCCCN=C(NC#N)Nc1ccncc1. The fraction of sp³-hybridized carbons (Fsp3) is 0.720. The molecule has 0 aromatic carbocycles. The molecule has 0 fully saturated rings. The summed E-state index contributed by atoms with van der Waals surface area (Å²) in [5, 5.41) is 14.6. The lowest BCUT2D eigenvalue weighted by atomic mass is 10.0. The van der Waals surface area contributed by atoms with E-state index in [2.05, 4.69) is 27.5 Å². The molecule has 0 radical (unpaired) electrons. The smallest absolute Gasteiger partial charge is 0.209 e. The van der Waals surface area contributed by atoms with Crippen molar-refractivity contribution in [2.45, 2.75) is 110 Å². The van der Waals surface area contributed by atoms with Crippen LogP contribution >= 0.6 is 0 Å². The van der Waals surface area contributed by atoms with E-state index in [0.717, 1.165) is 18.7 Å². The first-order chi connectivity index (χ1) is 14.9. The number of hydrogen-bond donors (Lipinski definition) is 2.